The molecule has 6 nitrogen and oxygen atoms in total. The van der Waals surface area contributed by atoms with E-state index in [-0.39, 0.29) is 5.75 Å². The maximum atomic E-state index is 12.6. The molecule has 0 aliphatic heterocycles. The lowest BCUT2D eigenvalue weighted by Crippen LogP contribution is -2.44. The minimum Gasteiger partial charge on any atom is -0.482 e. The maximum absolute atomic E-state index is 12.6. The minimum atomic E-state index is -4.54. The molecule has 0 bridgehead atoms. The number of hydrogen-bond acceptors (Lipinski definition) is 5. The lowest BCUT2D eigenvalue weighted by Gasteiger charge is -2.18. The first-order valence-corrected chi connectivity index (χ1v) is 10.2. The normalized spacial score (nSPS) is 12.5. The Morgan fingerprint density at radius 2 is 2.00 bits per heavy atom. The number of alkyl halides is 3. The van der Waals surface area contributed by atoms with Crippen LogP contribution in [0.1, 0.15) is 12.5 Å². The van der Waals surface area contributed by atoms with Crippen molar-refractivity contribution in [3.8, 4) is 5.75 Å². The van der Waals surface area contributed by atoms with E-state index in [4.69, 9.17) is 16.3 Å². The Balaban J connectivity index is 1.83. The number of nitrogens with zero attached hydrogens (tertiary/aromatic N) is 2. The van der Waals surface area contributed by atoms with Crippen molar-refractivity contribution in [3.05, 3.63) is 51.7 Å². The summed E-state index contributed by atoms with van der Waals surface area (Å²) in [6.07, 6.45) is -3.14. The number of halogens is 5. The predicted octanol–water partition coefficient (Wildman–Crippen LogP) is 5.54. The molecule has 3 rings (SSSR count). The lowest BCUT2D eigenvalue weighted by atomic mass is 10.1. The third-order valence-corrected chi connectivity index (χ3v) is 5.02. The highest BCUT2D eigenvalue weighted by Crippen LogP contribution is 2.34. The van der Waals surface area contributed by atoms with Crippen molar-refractivity contribution in [2.75, 3.05) is 11.9 Å². The molecule has 31 heavy (non-hydrogen) atoms. The molecule has 0 fully saturated rings. The fourth-order valence-corrected chi connectivity index (χ4v) is 3.52. The van der Waals surface area contributed by atoms with Crippen LogP contribution in [-0.2, 0) is 4.79 Å². The second-order valence-electron chi connectivity index (χ2n) is 6.72. The SMILES string of the molecule is Cc1cc(Br)cc2ncnc(Nc3ccc(Cl)cc3OCC(=O)NC(C)C(F)(F)F)c12. The van der Waals surface area contributed by atoms with E-state index < -0.39 is 24.7 Å². The Hall–Kier alpha value is -2.59. The van der Waals surface area contributed by atoms with Gasteiger partial charge in [0.15, 0.2) is 6.61 Å². The van der Waals surface area contributed by atoms with Gasteiger partial charge in [0.2, 0.25) is 0 Å². The number of aromatic nitrogens is 2. The van der Waals surface area contributed by atoms with Gasteiger partial charge in [0.1, 0.15) is 23.9 Å². The van der Waals surface area contributed by atoms with Crippen molar-refractivity contribution >= 4 is 55.8 Å². The van der Waals surface area contributed by atoms with Crippen LogP contribution in [0.15, 0.2) is 41.1 Å². The number of anilines is 2. The molecule has 1 heterocycles. The first-order chi connectivity index (χ1) is 14.5. The molecular weight excluding hydrogens is 501 g/mol. The zero-order valence-corrected chi connectivity index (χ0v) is 18.7. The topological polar surface area (TPSA) is 76.1 Å². The van der Waals surface area contributed by atoms with Crippen LogP contribution in [0.25, 0.3) is 10.9 Å². The first-order valence-electron chi connectivity index (χ1n) is 9.01. The van der Waals surface area contributed by atoms with Gasteiger partial charge in [0.05, 0.1) is 11.2 Å². The summed E-state index contributed by atoms with van der Waals surface area (Å²) < 4.78 is 44.2. The van der Waals surface area contributed by atoms with Crippen LogP contribution in [-0.4, -0.2) is 34.7 Å². The molecule has 2 N–H and O–H groups in total. The van der Waals surface area contributed by atoms with Crippen LogP contribution in [0.2, 0.25) is 5.02 Å². The van der Waals surface area contributed by atoms with Gasteiger partial charge in [0.25, 0.3) is 5.91 Å². The number of carbonyl (C=O) groups is 1. The molecule has 1 unspecified atom stereocenters. The summed E-state index contributed by atoms with van der Waals surface area (Å²) in [7, 11) is 0. The third kappa shape index (κ3) is 5.76. The molecule has 11 heteroatoms. The van der Waals surface area contributed by atoms with Gasteiger partial charge in [-0.3, -0.25) is 4.79 Å². The summed E-state index contributed by atoms with van der Waals surface area (Å²) in [5.41, 5.74) is 2.06. The van der Waals surface area contributed by atoms with E-state index in [1.54, 1.807) is 12.1 Å². The van der Waals surface area contributed by atoms with Gasteiger partial charge in [-0.2, -0.15) is 13.2 Å². The van der Waals surface area contributed by atoms with Crippen molar-refractivity contribution in [2.24, 2.45) is 0 Å². The Kier molecular flexibility index (Phi) is 6.90. The van der Waals surface area contributed by atoms with Gasteiger partial charge in [-0.05, 0) is 43.7 Å². The van der Waals surface area contributed by atoms with Crippen LogP contribution < -0.4 is 15.4 Å². The summed E-state index contributed by atoms with van der Waals surface area (Å²) in [5.74, 6) is -0.231. The molecule has 3 aromatic rings. The first kappa shape index (κ1) is 23.1. The van der Waals surface area contributed by atoms with Gasteiger partial charge < -0.3 is 15.4 Å². The van der Waals surface area contributed by atoms with Crippen molar-refractivity contribution < 1.29 is 22.7 Å². The van der Waals surface area contributed by atoms with Gasteiger partial charge in [-0.25, -0.2) is 9.97 Å². The molecule has 0 saturated heterocycles. The average molecular weight is 518 g/mol. The Morgan fingerprint density at radius 3 is 2.71 bits per heavy atom. The second-order valence-corrected chi connectivity index (χ2v) is 8.08. The molecule has 0 radical (unpaired) electrons. The zero-order valence-electron chi connectivity index (χ0n) is 16.3. The highest BCUT2D eigenvalue weighted by Gasteiger charge is 2.37. The summed E-state index contributed by atoms with van der Waals surface area (Å²) in [4.78, 5) is 20.4. The largest absolute Gasteiger partial charge is 0.482 e. The molecule has 1 aromatic heterocycles. The molecule has 1 amide bonds. The quantitative estimate of drug-likeness (QED) is 0.449. The van der Waals surface area contributed by atoms with Crippen LogP contribution in [0.3, 0.4) is 0 Å². The third-order valence-electron chi connectivity index (χ3n) is 4.32. The molecule has 1 atom stereocenters. The van der Waals surface area contributed by atoms with Gasteiger partial charge in [0, 0.05) is 20.9 Å². The van der Waals surface area contributed by atoms with Gasteiger partial charge >= 0.3 is 6.18 Å². The van der Waals surface area contributed by atoms with Crippen LogP contribution in [0.5, 0.6) is 5.75 Å². The van der Waals surface area contributed by atoms with E-state index in [0.29, 0.717) is 22.0 Å². The standard InChI is InChI=1S/C20H17BrClF3N4O2/c1-10-5-12(21)6-15-18(10)19(27-9-26-15)29-14-4-3-13(22)7-16(14)31-8-17(30)28-11(2)20(23,24)25/h3-7,9,11H,8H2,1-2H3,(H,28,30)(H,26,27,29). The number of rotatable bonds is 6. The number of carbonyl (C=O) groups excluding carboxylic acids is 1. The van der Waals surface area contributed by atoms with Crippen LogP contribution in [0.4, 0.5) is 24.7 Å². The molecule has 0 aliphatic rings. The molecule has 2 aromatic carbocycles. The maximum Gasteiger partial charge on any atom is 0.408 e. The van der Waals surface area contributed by atoms with Gasteiger partial charge in [-0.1, -0.05) is 27.5 Å². The summed E-state index contributed by atoms with van der Waals surface area (Å²) in [5, 5.41) is 6.09. The molecule has 164 valence electrons. The van der Waals surface area contributed by atoms with Crippen molar-refractivity contribution in [1.82, 2.24) is 15.3 Å². The van der Waals surface area contributed by atoms with E-state index in [9.17, 15) is 18.0 Å². The number of ether oxygens (including phenoxy) is 1. The van der Waals surface area contributed by atoms with Crippen molar-refractivity contribution in [1.29, 1.82) is 0 Å². The summed E-state index contributed by atoms with van der Waals surface area (Å²) in [6.45, 7) is 2.14. The smallest absolute Gasteiger partial charge is 0.408 e. The number of nitrogens with one attached hydrogen (secondary N) is 2. The van der Waals surface area contributed by atoms with Crippen molar-refractivity contribution in [2.45, 2.75) is 26.1 Å². The minimum absolute atomic E-state index is 0.184. The molecule has 0 spiro atoms. The monoisotopic (exact) mass is 516 g/mol. The number of amides is 1. The fourth-order valence-electron chi connectivity index (χ4n) is 2.80. The predicted molar refractivity (Wildman–Crippen MR) is 116 cm³/mol. The number of benzene rings is 2. The number of hydrogen-bond donors (Lipinski definition) is 2. The lowest BCUT2D eigenvalue weighted by molar-refractivity contribution is -0.158. The second kappa shape index (κ2) is 9.27. The zero-order chi connectivity index (χ0) is 22.8. The summed E-state index contributed by atoms with van der Waals surface area (Å²) in [6, 6.07) is 6.46. The van der Waals surface area contributed by atoms with Crippen LogP contribution in [0, 0.1) is 6.92 Å². The van der Waals surface area contributed by atoms with Crippen molar-refractivity contribution in [3.63, 3.8) is 0 Å². The Bertz CT molecular complexity index is 1130. The Morgan fingerprint density at radius 1 is 1.26 bits per heavy atom. The van der Waals surface area contributed by atoms with E-state index in [0.717, 1.165) is 22.3 Å². The van der Waals surface area contributed by atoms with E-state index in [2.05, 4.69) is 31.2 Å². The fraction of sp³-hybridized carbons (Fsp3) is 0.250. The van der Waals surface area contributed by atoms with E-state index in [1.165, 1.54) is 12.4 Å². The summed E-state index contributed by atoms with van der Waals surface area (Å²) >= 11 is 9.46. The van der Waals surface area contributed by atoms with Crippen LogP contribution >= 0.6 is 27.5 Å². The molecule has 0 aliphatic carbocycles. The number of aryl methyl sites for hydroxylation is 1. The Labute approximate surface area is 189 Å². The highest BCUT2D eigenvalue weighted by atomic mass is 79.9. The molecule has 0 saturated carbocycles. The van der Waals surface area contributed by atoms with E-state index >= 15 is 0 Å². The van der Waals surface area contributed by atoms with Gasteiger partial charge in [-0.15, -0.1) is 0 Å². The highest BCUT2D eigenvalue weighted by molar-refractivity contribution is 9.10. The van der Waals surface area contributed by atoms with E-state index in [1.807, 2.05) is 24.4 Å². The average Bonchev–Trinajstić information content (AvgIpc) is 2.67. The molecular formula is C20H17BrClF3N4O2. The number of fused-ring (bicyclic) bond motifs is 1.